The van der Waals surface area contributed by atoms with Crippen molar-refractivity contribution in [2.45, 2.75) is 25.3 Å². The van der Waals surface area contributed by atoms with E-state index in [1.54, 1.807) is 0 Å². The summed E-state index contributed by atoms with van der Waals surface area (Å²) < 4.78 is 0. The Morgan fingerprint density at radius 1 is 1.47 bits per heavy atom. The van der Waals surface area contributed by atoms with Gasteiger partial charge >= 0.3 is 5.97 Å². The van der Waals surface area contributed by atoms with Crippen LogP contribution in [0.25, 0.3) is 0 Å². The van der Waals surface area contributed by atoms with E-state index in [1.165, 1.54) is 0 Å². The lowest BCUT2D eigenvalue weighted by atomic mass is 10.0. The van der Waals surface area contributed by atoms with E-state index >= 15 is 0 Å². The standard InChI is InChI=1S/C14H21N3O2/c1-16(9-7-14(18)19)12-5-10-17(11-6-12)13-4-2-3-8-15-13/h2-4,8,12H,5-7,9-11H2,1H3,(H,18,19). The van der Waals surface area contributed by atoms with Crippen LogP contribution in [0.4, 0.5) is 5.82 Å². The fraction of sp³-hybridized carbons (Fsp3) is 0.571. The summed E-state index contributed by atoms with van der Waals surface area (Å²) in [4.78, 5) is 19.4. The molecule has 1 aliphatic rings. The molecule has 1 aliphatic heterocycles. The SMILES string of the molecule is CN(CCC(=O)O)C1CCN(c2ccccn2)CC1. The fourth-order valence-electron chi connectivity index (χ4n) is 2.53. The van der Waals surface area contributed by atoms with Crippen molar-refractivity contribution in [1.82, 2.24) is 9.88 Å². The summed E-state index contributed by atoms with van der Waals surface area (Å²) in [6.07, 6.45) is 4.16. The minimum absolute atomic E-state index is 0.219. The van der Waals surface area contributed by atoms with Gasteiger partial charge in [-0.25, -0.2) is 4.98 Å². The highest BCUT2D eigenvalue weighted by Gasteiger charge is 2.23. The van der Waals surface area contributed by atoms with Crippen LogP contribution in [-0.4, -0.2) is 53.7 Å². The van der Waals surface area contributed by atoms with E-state index in [9.17, 15) is 4.79 Å². The zero-order valence-corrected chi connectivity index (χ0v) is 11.3. The van der Waals surface area contributed by atoms with Gasteiger partial charge in [-0.2, -0.15) is 0 Å². The molecule has 0 bridgehead atoms. The molecule has 0 saturated carbocycles. The van der Waals surface area contributed by atoms with Crippen LogP contribution in [0.1, 0.15) is 19.3 Å². The van der Waals surface area contributed by atoms with Crippen LogP contribution in [0.3, 0.4) is 0 Å². The molecule has 1 saturated heterocycles. The van der Waals surface area contributed by atoms with Crippen LogP contribution < -0.4 is 4.90 Å². The second kappa shape index (κ2) is 6.52. The minimum atomic E-state index is -0.724. The van der Waals surface area contributed by atoms with Gasteiger partial charge in [-0.3, -0.25) is 4.79 Å². The first kappa shape index (κ1) is 13.8. The molecule has 1 aromatic heterocycles. The van der Waals surface area contributed by atoms with E-state index in [0.717, 1.165) is 31.7 Å². The number of nitrogens with zero attached hydrogens (tertiary/aromatic N) is 3. The average Bonchev–Trinajstić information content (AvgIpc) is 2.46. The summed E-state index contributed by atoms with van der Waals surface area (Å²) in [5.41, 5.74) is 0. The normalized spacial score (nSPS) is 16.8. The molecule has 0 unspecified atom stereocenters. The van der Waals surface area contributed by atoms with E-state index in [-0.39, 0.29) is 6.42 Å². The van der Waals surface area contributed by atoms with Gasteiger partial charge in [0, 0.05) is 31.9 Å². The van der Waals surface area contributed by atoms with Gasteiger partial charge in [0.15, 0.2) is 0 Å². The third-order valence-electron chi connectivity index (χ3n) is 3.74. The monoisotopic (exact) mass is 263 g/mol. The highest BCUT2D eigenvalue weighted by molar-refractivity contribution is 5.66. The predicted molar refractivity (Wildman–Crippen MR) is 74.4 cm³/mol. The zero-order chi connectivity index (χ0) is 13.7. The Morgan fingerprint density at radius 3 is 2.79 bits per heavy atom. The van der Waals surface area contributed by atoms with Crippen LogP contribution in [0, 0.1) is 0 Å². The molecule has 2 heterocycles. The maximum atomic E-state index is 10.6. The molecule has 0 radical (unpaired) electrons. The van der Waals surface area contributed by atoms with Gasteiger partial charge in [0.2, 0.25) is 0 Å². The van der Waals surface area contributed by atoms with Gasteiger partial charge in [-0.05, 0) is 32.0 Å². The van der Waals surface area contributed by atoms with E-state index in [0.29, 0.717) is 12.6 Å². The van der Waals surface area contributed by atoms with E-state index in [1.807, 2.05) is 31.4 Å². The molecule has 1 N–H and O–H groups in total. The summed E-state index contributed by atoms with van der Waals surface area (Å²) in [6.45, 7) is 2.60. The van der Waals surface area contributed by atoms with Crippen molar-refractivity contribution in [3.05, 3.63) is 24.4 Å². The molecule has 5 nitrogen and oxygen atoms in total. The summed E-state index contributed by atoms with van der Waals surface area (Å²) in [5, 5.41) is 8.71. The van der Waals surface area contributed by atoms with Gasteiger partial charge in [-0.15, -0.1) is 0 Å². The Labute approximate surface area is 113 Å². The zero-order valence-electron chi connectivity index (χ0n) is 11.3. The van der Waals surface area contributed by atoms with Crippen molar-refractivity contribution >= 4 is 11.8 Å². The van der Waals surface area contributed by atoms with Crippen LogP contribution in [0.5, 0.6) is 0 Å². The molecule has 2 rings (SSSR count). The molecule has 5 heteroatoms. The van der Waals surface area contributed by atoms with Crippen LogP contribution in [0.2, 0.25) is 0 Å². The molecular formula is C14H21N3O2. The number of carbonyl (C=O) groups is 1. The van der Waals surface area contributed by atoms with Crippen LogP contribution in [-0.2, 0) is 4.79 Å². The maximum Gasteiger partial charge on any atom is 0.304 e. The Morgan fingerprint density at radius 2 is 2.21 bits per heavy atom. The van der Waals surface area contributed by atoms with Crippen molar-refractivity contribution in [2.24, 2.45) is 0 Å². The number of hydrogen-bond donors (Lipinski definition) is 1. The number of rotatable bonds is 5. The number of carboxylic acid groups (broad SMARTS) is 1. The predicted octanol–water partition coefficient (Wildman–Crippen LogP) is 1.46. The van der Waals surface area contributed by atoms with Crippen molar-refractivity contribution in [2.75, 3.05) is 31.6 Å². The number of aromatic nitrogens is 1. The van der Waals surface area contributed by atoms with Crippen molar-refractivity contribution in [3.63, 3.8) is 0 Å². The number of carboxylic acids is 1. The first-order valence-electron chi connectivity index (χ1n) is 6.75. The number of aliphatic carboxylic acids is 1. The minimum Gasteiger partial charge on any atom is -0.481 e. The van der Waals surface area contributed by atoms with E-state index in [2.05, 4.69) is 14.8 Å². The molecule has 1 aromatic rings. The molecule has 104 valence electrons. The quantitative estimate of drug-likeness (QED) is 0.871. The molecular weight excluding hydrogens is 242 g/mol. The van der Waals surface area contributed by atoms with Crippen LogP contribution in [0.15, 0.2) is 24.4 Å². The Hall–Kier alpha value is -1.62. The topological polar surface area (TPSA) is 56.7 Å². The van der Waals surface area contributed by atoms with Crippen LogP contribution >= 0.6 is 0 Å². The third-order valence-corrected chi connectivity index (χ3v) is 3.74. The molecule has 19 heavy (non-hydrogen) atoms. The summed E-state index contributed by atoms with van der Waals surface area (Å²) in [6, 6.07) is 6.46. The molecule has 0 aromatic carbocycles. The Balaban J connectivity index is 1.80. The third kappa shape index (κ3) is 3.92. The largest absolute Gasteiger partial charge is 0.481 e. The summed E-state index contributed by atoms with van der Waals surface area (Å²) in [5.74, 6) is 0.312. The summed E-state index contributed by atoms with van der Waals surface area (Å²) in [7, 11) is 2.02. The molecule has 1 fully saturated rings. The number of pyridine rings is 1. The molecule has 0 spiro atoms. The molecule has 0 aliphatic carbocycles. The highest BCUT2D eigenvalue weighted by Crippen LogP contribution is 2.20. The lowest BCUT2D eigenvalue weighted by Crippen LogP contribution is -2.44. The molecule has 0 amide bonds. The Bertz CT molecular complexity index is 402. The van der Waals surface area contributed by atoms with Crippen molar-refractivity contribution < 1.29 is 9.90 Å². The highest BCUT2D eigenvalue weighted by atomic mass is 16.4. The summed E-state index contributed by atoms with van der Waals surface area (Å²) >= 11 is 0. The van der Waals surface area contributed by atoms with Crippen molar-refractivity contribution in [1.29, 1.82) is 0 Å². The average molecular weight is 263 g/mol. The van der Waals surface area contributed by atoms with E-state index < -0.39 is 5.97 Å². The number of hydrogen-bond acceptors (Lipinski definition) is 4. The van der Waals surface area contributed by atoms with E-state index in [4.69, 9.17) is 5.11 Å². The second-order valence-corrected chi connectivity index (χ2v) is 5.03. The first-order valence-corrected chi connectivity index (χ1v) is 6.75. The fourth-order valence-corrected chi connectivity index (χ4v) is 2.53. The maximum absolute atomic E-state index is 10.6. The Kier molecular flexibility index (Phi) is 4.74. The van der Waals surface area contributed by atoms with Gasteiger partial charge in [0.05, 0.1) is 6.42 Å². The van der Waals surface area contributed by atoms with Gasteiger partial charge < -0.3 is 14.9 Å². The lowest BCUT2D eigenvalue weighted by molar-refractivity contribution is -0.137. The smallest absolute Gasteiger partial charge is 0.304 e. The van der Waals surface area contributed by atoms with Gasteiger partial charge in [0.25, 0.3) is 0 Å². The van der Waals surface area contributed by atoms with Crippen molar-refractivity contribution in [3.8, 4) is 0 Å². The lowest BCUT2D eigenvalue weighted by Gasteiger charge is -2.37. The van der Waals surface area contributed by atoms with Gasteiger partial charge in [0.1, 0.15) is 5.82 Å². The first-order chi connectivity index (χ1) is 9.16. The van der Waals surface area contributed by atoms with Gasteiger partial charge in [-0.1, -0.05) is 6.07 Å². The number of piperidine rings is 1. The molecule has 0 atom stereocenters. The number of anilines is 1. The second-order valence-electron chi connectivity index (χ2n) is 5.03.